The number of carbonyl (C=O) groups is 3. The molecule has 1 aromatic rings. The number of carboxylic acid groups (broad SMARTS) is 1. The molecule has 2 N–H and O–H groups in total. The smallest absolute Gasteiger partial charge is 0.341 e. The first kappa shape index (κ1) is 18.8. The van der Waals surface area contributed by atoms with Crippen molar-refractivity contribution in [2.24, 2.45) is 0 Å². The summed E-state index contributed by atoms with van der Waals surface area (Å²) in [7, 11) is 0. The average molecular weight is 348 g/mol. The molecule has 1 unspecified atom stereocenters. The van der Waals surface area contributed by atoms with E-state index in [9.17, 15) is 14.4 Å². The van der Waals surface area contributed by atoms with Crippen molar-refractivity contribution in [2.45, 2.75) is 38.6 Å². The van der Waals surface area contributed by atoms with E-state index in [2.05, 4.69) is 5.32 Å². The molecule has 136 valence electrons. The zero-order valence-corrected chi connectivity index (χ0v) is 14.4. The second-order valence-corrected chi connectivity index (χ2v) is 6.12. The molecule has 1 aliphatic heterocycles. The maximum absolute atomic E-state index is 12.7. The molecule has 0 radical (unpaired) electrons. The van der Waals surface area contributed by atoms with Gasteiger partial charge in [0.25, 0.3) is 5.91 Å². The van der Waals surface area contributed by atoms with Crippen LogP contribution in [0, 0.1) is 0 Å². The fourth-order valence-electron chi connectivity index (χ4n) is 2.85. The predicted octanol–water partition coefficient (Wildman–Crippen LogP) is 1.67. The van der Waals surface area contributed by atoms with Crippen LogP contribution in [-0.4, -0.2) is 53.5 Å². The first-order valence-corrected chi connectivity index (χ1v) is 8.53. The van der Waals surface area contributed by atoms with E-state index >= 15 is 0 Å². The Hall–Kier alpha value is -2.57. The highest BCUT2D eigenvalue weighted by Crippen LogP contribution is 2.18. The van der Waals surface area contributed by atoms with Crippen molar-refractivity contribution in [1.82, 2.24) is 10.2 Å². The Bertz CT molecular complexity index is 632. The van der Waals surface area contributed by atoms with Crippen LogP contribution in [-0.2, 0) is 9.59 Å². The van der Waals surface area contributed by atoms with Crippen LogP contribution in [0.4, 0.5) is 0 Å². The first-order valence-electron chi connectivity index (χ1n) is 8.53. The van der Waals surface area contributed by atoms with Crippen molar-refractivity contribution >= 4 is 17.8 Å². The third kappa shape index (κ3) is 5.77. The first-order chi connectivity index (χ1) is 12.0. The molecule has 0 aliphatic carbocycles. The van der Waals surface area contributed by atoms with E-state index in [0.29, 0.717) is 30.8 Å². The van der Waals surface area contributed by atoms with Gasteiger partial charge in [-0.1, -0.05) is 13.0 Å². The topological polar surface area (TPSA) is 95.9 Å². The molecule has 7 nitrogen and oxygen atoms in total. The van der Waals surface area contributed by atoms with Gasteiger partial charge in [0.2, 0.25) is 5.91 Å². The van der Waals surface area contributed by atoms with E-state index in [1.54, 1.807) is 29.2 Å². The highest BCUT2D eigenvalue weighted by atomic mass is 16.5. The largest absolute Gasteiger partial charge is 0.482 e. The monoisotopic (exact) mass is 348 g/mol. The number of ether oxygens (including phenoxy) is 1. The van der Waals surface area contributed by atoms with E-state index < -0.39 is 12.6 Å². The Morgan fingerprint density at radius 2 is 2.16 bits per heavy atom. The van der Waals surface area contributed by atoms with Crippen LogP contribution in [0.15, 0.2) is 24.3 Å². The summed E-state index contributed by atoms with van der Waals surface area (Å²) in [6, 6.07) is 6.47. The van der Waals surface area contributed by atoms with Crippen LogP contribution >= 0.6 is 0 Å². The summed E-state index contributed by atoms with van der Waals surface area (Å²) < 4.78 is 5.12. The van der Waals surface area contributed by atoms with Crippen molar-refractivity contribution < 1.29 is 24.2 Å². The Morgan fingerprint density at radius 1 is 1.36 bits per heavy atom. The quantitative estimate of drug-likeness (QED) is 0.781. The number of aliphatic carboxylic acids is 1. The number of likely N-dealkylation sites (tertiary alicyclic amines) is 1. The van der Waals surface area contributed by atoms with Crippen molar-refractivity contribution in [1.29, 1.82) is 0 Å². The number of hydrogen-bond acceptors (Lipinski definition) is 4. The molecule has 1 saturated heterocycles. The molecule has 2 amide bonds. The highest BCUT2D eigenvalue weighted by Gasteiger charge is 2.25. The molecule has 1 atom stereocenters. The normalized spacial score (nSPS) is 17.0. The lowest BCUT2D eigenvalue weighted by molar-refractivity contribution is -0.139. The summed E-state index contributed by atoms with van der Waals surface area (Å²) >= 11 is 0. The Labute approximate surface area is 147 Å². The van der Waals surface area contributed by atoms with Crippen molar-refractivity contribution in [3.05, 3.63) is 29.8 Å². The molecule has 7 heteroatoms. The third-order valence-electron chi connectivity index (χ3n) is 3.99. The number of carbonyl (C=O) groups excluding carboxylic acids is 2. The van der Waals surface area contributed by atoms with Gasteiger partial charge in [0.15, 0.2) is 6.61 Å². The summed E-state index contributed by atoms with van der Waals surface area (Å²) in [5.41, 5.74) is 0.448. The average Bonchev–Trinajstić information content (AvgIpc) is 2.60. The molecular formula is C18H24N2O5. The second kappa shape index (κ2) is 9.05. The second-order valence-electron chi connectivity index (χ2n) is 6.12. The molecule has 25 heavy (non-hydrogen) atoms. The standard InChI is InChI=1S/C18H24N2O5/c1-2-5-16(21)19-14-7-4-9-20(11-14)18(24)13-6-3-8-15(10-13)25-12-17(22)23/h3,6,8,10,14H,2,4-5,7,9,11-12H2,1H3,(H,19,21)(H,22,23). The summed E-state index contributed by atoms with van der Waals surface area (Å²) in [4.78, 5) is 36.7. The van der Waals surface area contributed by atoms with Crippen molar-refractivity contribution in [3.8, 4) is 5.75 Å². The maximum Gasteiger partial charge on any atom is 0.341 e. The molecule has 1 fully saturated rings. The van der Waals surface area contributed by atoms with E-state index in [4.69, 9.17) is 9.84 Å². The number of carboxylic acids is 1. The maximum atomic E-state index is 12.7. The van der Waals surface area contributed by atoms with Gasteiger partial charge in [-0.25, -0.2) is 4.79 Å². The van der Waals surface area contributed by atoms with Gasteiger partial charge in [0.1, 0.15) is 5.75 Å². The number of rotatable bonds is 7. The van der Waals surface area contributed by atoms with Gasteiger partial charge in [-0.2, -0.15) is 0 Å². The summed E-state index contributed by atoms with van der Waals surface area (Å²) in [5, 5.41) is 11.6. The Morgan fingerprint density at radius 3 is 2.88 bits per heavy atom. The van der Waals surface area contributed by atoms with Gasteiger partial charge in [0.05, 0.1) is 0 Å². The minimum atomic E-state index is -1.07. The van der Waals surface area contributed by atoms with Gasteiger partial charge >= 0.3 is 5.97 Å². The predicted molar refractivity (Wildman–Crippen MR) is 91.5 cm³/mol. The zero-order chi connectivity index (χ0) is 18.2. The van der Waals surface area contributed by atoms with Crippen LogP contribution in [0.25, 0.3) is 0 Å². The molecule has 0 saturated carbocycles. The number of nitrogens with zero attached hydrogens (tertiary/aromatic N) is 1. The minimum Gasteiger partial charge on any atom is -0.482 e. The highest BCUT2D eigenvalue weighted by molar-refractivity contribution is 5.94. The Kier molecular flexibility index (Phi) is 6.80. The fourth-order valence-corrected chi connectivity index (χ4v) is 2.85. The summed E-state index contributed by atoms with van der Waals surface area (Å²) in [6.45, 7) is 2.62. The van der Waals surface area contributed by atoms with Gasteiger partial charge in [-0.15, -0.1) is 0 Å². The number of benzene rings is 1. The van der Waals surface area contributed by atoms with Crippen LogP contribution in [0.5, 0.6) is 5.75 Å². The summed E-state index contributed by atoms with van der Waals surface area (Å²) in [6.07, 6.45) is 2.98. The lowest BCUT2D eigenvalue weighted by atomic mass is 10.0. The number of piperidine rings is 1. The lowest BCUT2D eigenvalue weighted by Crippen LogP contribution is -2.49. The van der Waals surface area contributed by atoms with Gasteiger partial charge in [0, 0.05) is 31.1 Å². The molecule has 0 spiro atoms. The van der Waals surface area contributed by atoms with Crippen molar-refractivity contribution in [3.63, 3.8) is 0 Å². The van der Waals surface area contributed by atoms with Crippen LogP contribution in [0.3, 0.4) is 0 Å². The fraction of sp³-hybridized carbons (Fsp3) is 0.500. The molecule has 0 aromatic heterocycles. The third-order valence-corrected chi connectivity index (χ3v) is 3.99. The van der Waals surface area contributed by atoms with E-state index in [0.717, 1.165) is 19.3 Å². The van der Waals surface area contributed by atoms with E-state index in [-0.39, 0.29) is 17.9 Å². The number of amides is 2. The van der Waals surface area contributed by atoms with Crippen LogP contribution in [0.1, 0.15) is 43.0 Å². The Balaban J connectivity index is 1.98. The molecular weight excluding hydrogens is 324 g/mol. The minimum absolute atomic E-state index is 0.0193. The summed E-state index contributed by atoms with van der Waals surface area (Å²) in [5.74, 6) is -0.849. The lowest BCUT2D eigenvalue weighted by Gasteiger charge is -2.33. The molecule has 1 heterocycles. The molecule has 1 aliphatic rings. The van der Waals surface area contributed by atoms with E-state index in [1.165, 1.54) is 0 Å². The molecule has 0 bridgehead atoms. The van der Waals surface area contributed by atoms with Gasteiger partial charge < -0.3 is 20.1 Å². The molecule has 1 aromatic carbocycles. The van der Waals surface area contributed by atoms with Gasteiger partial charge in [-0.3, -0.25) is 9.59 Å². The number of nitrogens with one attached hydrogen (secondary N) is 1. The van der Waals surface area contributed by atoms with Gasteiger partial charge in [-0.05, 0) is 37.5 Å². The van der Waals surface area contributed by atoms with Crippen LogP contribution < -0.4 is 10.1 Å². The van der Waals surface area contributed by atoms with E-state index in [1.807, 2.05) is 6.92 Å². The number of hydrogen-bond donors (Lipinski definition) is 2. The van der Waals surface area contributed by atoms with Crippen molar-refractivity contribution in [2.75, 3.05) is 19.7 Å². The van der Waals surface area contributed by atoms with Crippen LogP contribution in [0.2, 0.25) is 0 Å². The zero-order valence-electron chi connectivity index (χ0n) is 14.4. The molecule has 2 rings (SSSR count). The SMILES string of the molecule is CCCC(=O)NC1CCCN(C(=O)c2cccc(OCC(=O)O)c2)C1.